The fraction of sp³-hybridized carbons (Fsp3) is 0.474. The van der Waals surface area contributed by atoms with Gasteiger partial charge in [-0.05, 0) is 31.9 Å². The number of hydrogen-bond acceptors (Lipinski definition) is 4. The average Bonchev–Trinajstić information content (AvgIpc) is 2.80. The van der Waals surface area contributed by atoms with Crippen LogP contribution in [0.25, 0.3) is 0 Å². The number of aryl methyl sites for hydroxylation is 1. The number of nitrogens with zero attached hydrogens (tertiary/aromatic N) is 1. The molecular weight excluding hydrogens is 304 g/mol. The maximum absolute atomic E-state index is 12.6. The lowest BCUT2D eigenvalue weighted by Crippen LogP contribution is -2.35. The number of rotatable bonds is 5. The average molecular weight is 328 g/mol. The van der Waals surface area contributed by atoms with Crippen LogP contribution in [0.4, 0.5) is 0 Å². The van der Waals surface area contributed by atoms with Gasteiger partial charge >= 0.3 is 0 Å². The number of aromatic nitrogens is 1. The van der Waals surface area contributed by atoms with E-state index in [0.717, 1.165) is 18.6 Å². The first-order valence-corrected chi connectivity index (χ1v) is 8.68. The van der Waals surface area contributed by atoms with Gasteiger partial charge in [-0.1, -0.05) is 49.0 Å². The van der Waals surface area contributed by atoms with Gasteiger partial charge in [0, 0.05) is 6.04 Å². The predicted octanol–water partition coefficient (Wildman–Crippen LogP) is 4.01. The van der Waals surface area contributed by atoms with Crippen LogP contribution in [-0.4, -0.2) is 17.1 Å². The Kier molecular flexibility index (Phi) is 5.51. The molecule has 1 aromatic carbocycles. The second-order valence-corrected chi connectivity index (χ2v) is 6.33. The molecule has 1 aliphatic carbocycles. The zero-order valence-corrected chi connectivity index (χ0v) is 14.1. The van der Waals surface area contributed by atoms with Crippen LogP contribution in [0, 0.1) is 6.92 Å². The monoisotopic (exact) mass is 328 g/mol. The Hall–Kier alpha value is -2.30. The van der Waals surface area contributed by atoms with Crippen molar-refractivity contribution in [3.63, 3.8) is 0 Å². The Morgan fingerprint density at radius 3 is 2.62 bits per heavy atom. The molecule has 1 saturated carbocycles. The Bertz CT molecular complexity index is 659. The van der Waals surface area contributed by atoms with E-state index in [1.54, 1.807) is 6.92 Å². The van der Waals surface area contributed by atoms with Gasteiger partial charge in [0.2, 0.25) is 0 Å². The minimum atomic E-state index is -0.162. The summed E-state index contributed by atoms with van der Waals surface area (Å²) in [6.07, 6.45) is 6.94. The number of amides is 1. The first-order chi connectivity index (χ1) is 11.7. The van der Waals surface area contributed by atoms with Crippen LogP contribution >= 0.6 is 0 Å². The third-order valence-electron chi connectivity index (χ3n) is 4.52. The van der Waals surface area contributed by atoms with Crippen molar-refractivity contribution in [3.8, 4) is 5.75 Å². The molecule has 1 amide bonds. The molecule has 5 nitrogen and oxygen atoms in total. The summed E-state index contributed by atoms with van der Waals surface area (Å²) in [5.41, 5.74) is 1.05. The third-order valence-corrected chi connectivity index (χ3v) is 4.52. The highest BCUT2D eigenvalue weighted by atomic mass is 16.5. The van der Waals surface area contributed by atoms with Gasteiger partial charge in [0.15, 0.2) is 5.69 Å². The molecule has 2 aromatic rings. The lowest BCUT2D eigenvalue weighted by Gasteiger charge is -2.15. The predicted molar refractivity (Wildman–Crippen MR) is 91.0 cm³/mol. The maximum Gasteiger partial charge on any atom is 0.274 e. The molecule has 0 saturated heterocycles. The zero-order valence-electron chi connectivity index (χ0n) is 14.1. The highest BCUT2D eigenvalue weighted by molar-refractivity contribution is 5.93. The zero-order chi connectivity index (χ0) is 16.8. The van der Waals surface area contributed by atoms with Gasteiger partial charge in [-0.25, -0.2) is 0 Å². The Morgan fingerprint density at radius 1 is 1.21 bits per heavy atom. The SMILES string of the molecule is Cc1onc(C(=O)NC2CCCCCC2)c1COc1ccccc1. The van der Waals surface area contributed by atoms with E-state index < -0.39 is 0 Å². The number of para-hydroxylation sites is 1. The van der Waals surface area contributed by atoms with Gasteiger partial charge in [-0.2, -0.15) is 0 Å². The van der Waals surface area contributed by atoms with E-state index in [2.05, 4.69) is 10.5 Å². The minimum absolute atomic E-state index is 0.162. The molecule has 0 aliphatic heterocycles. The van der Waals surface area contributed by atoms with Gasteiger partial charge in [0.25, 0.3) is 5.91 Å². The summed E-state index contributed by atoms with van der Waals surface area (Å²) < 4.78 is 11.0. The normalized spacial score (nSPS) is 15.7. The van der Waals surface area contributed by atoms with Crippen molar-refractivity contribution in [2.75, 3.05) is 0 Å². The number of benzene rings is 1. The summed E-state index contributed by atoms with van der Waals surface area (Å²) in [5, 5.41) is 7.06. The minimum Gasteiger partial charge on any atom is -0.489 e. The summed E-state index contributed by atoms with van der Waals surface area (Å²) in [4.78, 5) is 12.6. The van der Waals surface area contributed by atoms with Crippen molar-refractivity contribution in [1.82, 2.24) is 10.5 Å². The largest absolute Gasteiger partial charge is 0.489 e. The van der Waals surface area contributed by atoms with Crippen LogP contribution in [0.2, 0.25) is 0 Å². The van der Waals surface area contributed by atoms with Crippen LogP contribution < -0.4 is 10.1 Å². The number of ether oxygens (including phenoxy) is 1. The van der Waals surface area contributed by atoms with Crippen molar-refractivity contribution in [2.24, 2.45) is 0 Å². The molecule has 0 bridgehead atoms. The van der Waals surface area contributed by atoms with Gasteiger partial charge in [-0.15, -0.1) is 0 Å². The van der Waals surface area contributed by atoms with Gasteiger partial charge < -0.3 is 14.6 Å². The Labute approximate surface area is 142 Å². The van der Waals surface area contributed by atoms with Crippen LogP contribution in [0.3, 0.4) is 0 Å². The first-order valence-electron chi connectivity index (χ1n) is 8.68. The standard InChI is InChI=1S/C19H24N2O3/c1-14-17(13-23-16-11-7-4-8-12-16)18(21-24-14)19(22)20-15-9-5-2-3-6-10-15/h4,7-8,11-12,15H,2-3,5-6,9-10,13H2,1H3,(H,20,22). The van der Waals surface area contributed by atoms with Crippen molar-refractivity contribution in [1.29, 1.82) is 0 Å². The van der Waals surface area contributed by atoms with Crippen molar-refractivity contribution < 1.29 is 14.1 Å². The van der Waals surface area contributed by atoms with Gasteiger partial charge in [0.05, 0.1) is 5.56 Å². The van der Waals surface area contributed by atoms with E-state index >= 15 is 0 Å². The van der Waals surface area contributed by atoms with Crippen LogP contribution in [0.1, 0.15) is 60.3 Å². The summed E-state index contributed by atoms with van der Waals surface area (Å²) in [6, 6.07) is 9.76. The highest BCUT2D eigenvalue weighted by Gasteiger charge is 2.23. The summed E-state index contributed by atoms with van der Waals surface area (Å²) in [5.74, 6) is 1.22. The molecule has 3 rings (SSSR count). The molecule has 0 spiro atoms. The summed E-state index contributed by atoms with van der Waals surface area (Å²) >= 11 is 0. The molecule has 128 valence electrons. The van der Waals surface area contributed by atoms with E-state index in [9.17, 15) is 4.79 Å². The molecule has 1 aliphatic rings. The lowest BCUT2D eigenvalue weighted by atomic mass is 10.1. The number of carbonyl (C=O) groups is 1. The van der Waals surface area contributed by atoms with Crippen molar-refractivity contribution >= 4 is 5.91 Å². The fourth-order valence-corrected chi connectivity index (χ4v) is 3.09. The number of carbonyl (C=O) groups excluding carboxylic acids is 1. The van der Waals surface area contributed by atoms with E-state index in [1.807, 2.05) is 30.3 Å². The Morgan fingerprint density at radius 2 is 1.92 bits per heavy atom. The molecule has 1 aromatic heterocycles. The fourth-order valence-electron chi connectivity index (χ4n) is 3.09. The summed E-state index contributed by atoms with van der Waals surface area (Å²) in [7, 11) is 0. The quantitative estimate of drug-likeness (QED) is 0.842. The van der Waals surface area contributed by atoms with Crippen LogP contribution in [0.15, 0.2) is 34.9 Å². The second kappa shape index (κ2) is 7.99. The molecule has 24 heavy (non-hydrogen) atoms. The van der Waals surface area contributed by atoms with Crippen molar-refractivity contribution in [3.05, 3.63) is 47.3 Å². The molecule has 1 heterocycles. The Balaban J connectivity index is 1.65. The smallest absolute Gasteiger partial charge is 0.274 e. The molecule has 1 N–H and O–H groups in total. The summed E-state index contributed by atoms with van der Waals surface area (Å²) in [6.45, 7) is 2.08. The molecule has 0 radical (unpaired) electrons. The van der Waals surface area contributed by atoms with Gasteiger partial charge in [0.1, 0.15) is 18.1 Å². The molecule has 0 unspecified atom stereocenters. The van der Waals surface area contributed by atoms with Crippen molar-refractivity contribution in [2.45, 2.75) is 58.1 Å². The van der Waals surface area contributed by atoms with Crippen LogP contribution in [0.5, 0.6) is 5.75 Å². The molecular formula is C19H24N2O3. The maximum atomic E-state index is 12.6. The topological polar surface area (TPSA) is 64.4 Å². The van der Waals surface area contributed by atoms with Crippen LogP contribution in [-0.2, 0) is 6.61 Å². The molecule has 5 heteroatoms. The van der Waals surface area contributed by atoms with E-state index in [1.165, 1.54) is 25.7 Å². The lowest BCUT2D eigenvalue weighted by molar-refractivity contribution is 0.0922. The number of nitrogens with one attached hydrogen (secondary N) is 1. The van der Waals surface area contributed by atoms with Gasteiger partial charge in [-0.3, -0.25) is 4.79 Å². The second-order valence-electron chi connectivity index (χ2n) is 6.33. The van der Waals surface area contributed by atoms with E-state index in [-0.39, 0.29) is 18.6 Å². The first kappa shape index (κ1) is 16.6. The highest BCUT2D eigenvalue weighted by Crippen LogP contribution is 2.20. The van der Waals surface area contributed by atoms with E-state index in [4.69, 9.17) is 9.26 Å². The number of hydrogen-bond donors (Lipinski definition) is 1. The van der Waals surface area contributed by atoms with E-state index in [0.29, 0.717) is 17.0 Å². The molecule has 1 fully saturated rings. The molecule has 0 atom stereocenters. The third kappa shape index (κ3) is 4.16.